The number of amidine groups is 1. The number of halogens is 1. The van der Waals surface area contributed by atoms with Gasteiger partial charge in [0.15, 0.2) is 5.75 Å². The molecule has 0 aliphatic carbocycles. The van der Waals surface area contributed by atoms with Gasteiger partial charge in [0.2, 0.25) is 0 Å². The zero-order valence-electron chi connectivity index (χ0n) is 15.0. The molecule has 6 nitrogen and oxygen atoms in total. The Morgan fingerprint density at radius 1 is 1.15 bits per heavy atom. The average molecular weight is 386 g/mol. The van der Waals surface area contributed by atoms with E-state index in [1.807, 2.05) is 49.4 Å². The fourth-order valence-electron chi connectivity index (χ4n) is 3.25. The summed E-state index contributed by atoms with van der Waals surface area (Å²) in [7, 11) is 0. The monoisotopic (exact) mass is 385 g/mol. The summed E-state index contributed by atoms with van der Waals surface area (Å²) < 4.78 is 11.2. The highest BCUT2D eigenvalue weighted by molar-refractivity contribution is 6.31. The Balaban J connectivity index is 1.66. The molecule has 0 spiro atoms. The first-order valence-electron chi connectivity index (χ1n) is 8.98. The van der Waals surface area contributed by atoms with Gasteiger partial charge in [-0.05, 0) is 37.3 Å². The highest BCUT2D eigenvalue weighted by Gasteiger charge is 2.28. The van der Waals surface area contributed by atoms with Crippen molar-refractivity contribution in [2.45, 2.75) is 6.92 Å². The number of aliphatic imine (C=N–C) groups is 1. The number of ether oxygens (including phenoxy) is 2. The number of nitrogens with zero attached hydrogens (tertiary/aromatic N) is 3. The largest absolute Gasteiger partial charge is 0.454 e. The highest BCUT2D eigenvalue weighted by atomic mass is 35.5. The van der Waals surface area contributed by atoms with E-state index >= 15 is 0 Å². The van der Waals surface area contributed by atoms with Crippen LogP contribution in [0.5, 0.6) is 11.5 Å². The number of benzene rings is 2. The Labute approximate surface area is 163 Å². The zero-order valence-corrected chi connectivity index (χ0v) is 15.8. The van der Waals surface area contributed by atoms with Crippen molar-refractivity contribution in [1.82, 2.24) is 9.80 Å². The molecule has 27 heavy (non-hydrogen) atoms. The lowest BCUT2D eigenvalue weighted by Crippen LogP contribution is -2.50. The number of carbonyl (C=O) groups is 1. The molecule has 2 aliphatic rings. The third-order valence-electron chi connectivity index (χ3n) is 4.60. The first-order chi connectivity index (χ1) is 13.2. The molecule has 7 heteroatoms. The Kier molecular flexibility index (Phi) is 4.90. The van der Waals surface area contributed by atoms with Crippen LogP contribution in [0.3, 0.4) is 0 Å². The second-order valence-corrected chi connectivity index (χ2v) is 6.76. The van der Waals surface area contributed by atoms with Crippen molar-refractivity contribution in [3.63, 3.8) is 0 Å². The van der Waals surface area contributed by atoms with Crippen LogP contribution < -0.4 is 4.74 Å². The van der Waals surface area contributed by atoms with Crippen LogP contribution in [0.2, 0.25) is 5.02 Å². The molecule has 2 aliphatic heterocycles. The molecule has 1 saturated heterocycles. The van der Waals surface area contributed by atoms with Gasteiger partial charge >= 0.3 is 6.09 Å². The van der Waals surface area contributed by atoms with Gasteiger partial charge in [-0.25, -0.2) is 9.79 Å². The van der Waals surface area contributed by atoms with Crippen molar-refractivity contribution in [3.05, 3.63) is 53.1 Å². The normalized spacial score (nSPS) is 15.9. The Morgan fingerprint density at radius 2 is 1.93 bits per heavy atom. The molecule has 0 N–H and O–H groups in total. The molecule has 0 bridgehead atoms. The van der Waals surface area contributed by atoms with Crippen LogP contribution in [0.25, 0.3) is 0 Å². The first-order valence-corrected chi connectivity index (χ1v) is 9.35. The van der Waals surface area contributed by atoms with E-state index < -0.39 is 0 Å². The minimum Gasteiger partial charge on any atom is -0.454 e. The van der Waals surface area contributed by atoms with E-state index in [-0.39, 0.29) is 6.09 Å². The van der Waals surface area contributed by atoms with Gasteiger partial charge in [0.25, 0.3) is 0 Å². The molecule has 0 saturated carbocycles. The van der Waals surface area contributed by atoms with E-state index in [0.29, 0.717) is 43.6 Å². The van der Waals surface area contributed by atoms with Crippen molar-refractivity contribution in [1.29, 1.82) is 0 Å². The number of piperazine rings is 1. The van der Waals surface area contributed by atoms with Crippen molar-refractivity contribution >= 4 is 29.2 Å². The lowest BCUT2D eigenvalue weighted by Gasteiger charge is -2.36. The van der Waals surface area contributed by atoms with Crippen LogP contribution in [0.1, 0.15) is 12.5 Å². The van der Waals surface area contributed by atoms with Crippen LogP contribution in [0.4, 0.5) is 10.5 Å². The minimum atomic E-state index is -0.267. The van der Waals surface area contributed by atoms with Gasteiger partial charge in [-0.2, -0.15) is 0 Å². The standard InChI is InChI=1S/C20H20ClN3O3/c1-2-26-20(25)24-11-9-23(10-12-24)19-15-13-14(21)7-8-17(15)27-18-6-4-3-5-16(18)22-19/h3-8,13H,2,9-12H2,1H3. The maximum atomic E-state index is 12.0. The fourth-order valence-corrected chi connectivity index (χ4v) is 3.42. The molecule has 1 amide bonds. The maximum Gasteiger partial charge on any atom is 0.409 e. The number of hydrogen-bond donors (Lipinski definition) is 0. The summed E-state index contributed by atoms with van der Waals surface area (Å²) in [5.41, 5.74) is 1.62. The molecule has 1 fully saturated rings. The van der Waals surface area contributed by atoms with E-state index in [0.717, 1.165) is 22.8 Å². The predicted molar refractivity (Wildman–Crippen MR) is 104 cm³/mol. The molecule has 2 aromatic carbocycles. The minimum absolute atomic E-state index is 0.267. The summed E-state index contributed by atoms with van der Waals surface area (Å²) in [6.07, 6.45) is -0.267. The number of rotatable bonds is 1. The summed E-state index contributed by atoms with van der Waals surface area (Å²) in [5, 5.41) is 0.626. The topological polar surface area (TPSA) is 54.4 Å². The fraction of sp³-hybridized carbons (Fsp3) is 0.300. The second-order valence-electron chi connectivity index (χ2n) is 6.32. The van der Waals surface area contributed by atoms with Crippen LogP contribution in [0, 0.1) is 0 Å². The van der Waals surface area contributed by atoms with E-state index in [4.69, 9.17) is 26.1 Å². The van der Waals surface area contributed by atoms with Crippen molar-refractivity contribution in [2.75, 3.05) is 32.8 Å². The van der Waals surface area contributed by atoms with Crippen molar-refractivity contribution < 1.29 is 14.3 Å². The quantitative estimate of drug-likeness (QED) is 0.734. The average Bonchev–Trinajstić information content (AvgIpc) is 2.85. The van der Waals surface area contributed by atoms with Crippen molar-refractivity contribution in [3.8, 4) is 11.5 Å². The van der Waals surface area contributed by atoms with Crippen LogP contribution >= 0.6 is 11.6 Å². The van der Waals surface area contributed by atoms with Gasteiger partial charge in [-0.3, -0.25) is 0 Å². The van der Waals surface area contributed by atoms with Gasteiger partial charge in [-0.1, -0.05) is 23.7 Å². The first kappa shape index (κ1) is 17.7. The molecule has 2 heterocycles. The van der Waals surface area contributed by atoms with E-state index in [1.165, 1.54) is 0 Å². The molecular formula is C20H20ClN3O3. The lowest BCUT2D eigenvalue weighted by atomic mass is 10.1. The van der Waals surface area contributed by atoms with Crippen LogP contribution in [-0.2, 0) is 4.74 Å². The Morgan fingerprint density at radius 3 is 2.70 bits per heavy atom. The summed E-state index contributed by atoms with van der Waals surface area (Å²) in [4.78, 5) is 20.7. The number of para-hydroxylation sites is 2. The van der Waals surface area contributed by atoms with Crippen LogP contribution in [-0.4, -0.2) is 54.5 Å². The molecule has 4 rings (SSSR count). The van der Waals surface area contributed by atoms with Crippen molar-refractivity contribution in [2.24, 2.45) is 4.99 Å². The van der Waals surface area contributed by atoms with Crippen LogP contribution in [0.15, 0.2) is 47.5 Å². The van der Waals surface area contributed by atoms with E-state index in [1.54, 1.807) is 4.90 Å². The number of carbonyl (C=O) groups excluding carboxylic acids is 1. The summed E-state index contributed by atoms with van der Waals surface area (Å²) >= 11 is 6.25. The van der Waals surface area contributed by atoms with Gasteiger partial charge in [0.1, 0.15) is 17.3 Å². The van der Waals surface area contributed by atoms with E-state index in [9.17, 15) is 4.79 Å². The molecule has 0 unspecified atom stereocenters. The van der Waals surface area contributed by atoms with E-state index in [2.05, 4.69) is 4.90 Å². The maximum absolute atomic E-state index is 12.0. The van der Waals surface area contributed by atoms with Gasteiger partial charge in [0.05, 0.1) is 12.2 Å². The Hall–Kier alpha value is -2.73. The molecule has 2 aromatic rings. The molecule has 0 atom stereocenters. The lowest BCUT2D eigenvalue weighted by molar-refractivity contribution is 0.0921. The SMILES string of the molecule is CCOC(=O)N1CCN(C2=Nc3ccccc3Oc3ccc(Cl)cc32)CC1. The number of fused-ring (bicyclic) bond motifs is 2. The predicted octanol–water partition coefficient (Wildman–Crippen LogP) is 4.30. The summed E-state index contributed by atoms with van der Waals surface area (Å²) in [6.45, 7) is 4.67. The number of hydrogen-bond acceptors (Lipinski definition) is 5. The Bertz CT molecular complexity index is 892. The van der Waals surface area contributed by atoms with Gasteiger partial charge < -0.3 is 19.3 Å². The zero-order chi connectivity index (χ0) is 18.8. The molecular weight excluding hydrogens is 366 g/mol. The number of amides is 1. The third kappa shape index (κ3) is 3.57. The van der Waals surface area contributed by atoms with Gasteiger partial charge in [-0.15, -0.1) is 0 Å². The molecule has 140 valence electrons. The summed E-state index contributed by atoms with van der Waals surface area (Å²) in [5.74, 6) is 2.23. The second kappa shape index (κ2) is 7.48. The van der Waals surface area contributed by atoms with Gasteiger partial charge in [0, 0.05) is 31.2 Å². The smallest absolute Gasteiger partial charge is 0.409 e. The summed E-state index contributed by atoms with van der Waals surface area (Å²) in [6, 6.07) is 13.2. The molecule has 0 radical (unpaired) electrons. The third-order valence-corrected chi connectivity index (χ3v) is 4.83. The highest BCUT2D eigenvalue weighted by Crippen LogP contribution is 2.38. The molecule has 0 aromatic heterocycles.